The molecule has 0 aliphatic carbocycles. The number of amides is 1. The standard InChI is InChI=1S/C21H24N2O5/c1-27-17-10-15-8-9-23(13-19(24)22-12-20(25)26)21(14-6-4-3-5-7-14)16(15)11-18(17)28-2/h3-7,10-11,21H,8-9,12-13H2,1-2H3,(H,22,24)(H,25,26). The molecular formula is C21H24N2O5. The number of carboxylic acids is 1. The van der Waals surface area contributed by atoms with Gasteiger partial charge in [-0.2, -0.15) is 0 Å². The van der Waals surface area contributed by atoms with Gasteiger partial charge in [-0.3, -0.25) is 14.5 Å². The van der Waals surface area contributed by atoms with Crippen molar-refractivity contribution in [1.29, 1.82) is 0 Å². The number of fused-ring (bicyclic) bond motifs is 1. The lowest BCUT2D eigenvalue weighted by Gasteiger charge is -2.37. The number of nitrogens with zero attached hydrogens (tertiary/aromatic N) is 1. The van der Waals surface area contributed by atoms with E-state index in [1.54, 1.807) is 14.2 Å². The maximum Gasteiger partial charge on any atom is 0.322 e. The molecule has 0 bridgehead atoms. The summed E-state index contributed by atoms with van der Waals surface area (Å²) in [7, 11) is 3.21. The summed E-state index contributed by atoms with van der Waals surface area (Å²) in [6.45, 7) is 0.396. The predicted octanol–water partition coefficient (Wildman–Crippen LogP) is 1.85. The van der Waals surface area contributed by atoms with Crippen molar-refractivity contribution in [3.63, 3.8) is 0 Å². The van der Waals surface area contributed by atoms with Crippen LogP contribution in [0.25, 0.3) is 0 Å². The molecule has 2 N–H and O–H groups in total. The van der Waals surface area contributed by atoms with E-state index < -0.39 is 5.97 Å². The summed E-state index contributed by atoms with van der Waals surface area (Å²) in [6, 6.07) is 13.8. The number of rotatable bonds is 7. The summed E-state index contributed by atoms with van der Waals surface area (Å²) in [6.07, 6.45) is 0.755. The molecule has 0 radical (unpaired) electrons. The minimum absolute atomic E-state index is 0.112. The number of hydrogen-bond acceptors (Lipinski definition) is 5. The van der Waals surface area contributed by atoms with Crippen molar-refractivity contribution in [2.24, 2.45) is 0 Å². The van der Waals surface area contributed by atoms with E-state index in [9.17, 15) is 9.59 Å². The smallest absolute Gasteiger partial charge is 0.322 e. The fourth-order valence-electron chi connectivity index (χ4n) is 3.61. The van der Waals surface area contributed by atoms with E-state index in [0.717, 1.165) is 23.1 Å². The number of hydrogen-bond donors (Lipinski definition) is 2. The Morgan fingerprint density at radius 3 is 2.46 bits per heavy atom. The highest BCUT2D eigenvalue weighted by Crippen LogP contribution is 2.40. The molecule has 28 heavy (non-hydrogen) atoms. The number of ether oxygens (including phenoxy) is 2. The van der Waals surface area contributed by atoms with E-state index in [-0.39, 0.29) is 25.0 Å². The number of nitrogens with one attached hydrogen (secondary N) is 1. The van der Waals surface area contributed by atoms with Crippen LogP contribution in [-0.2, 0) is 16.0 Å². The fourth-order valence-corrected chi connectivity index (χ4v) is 3.61. The third-order valence-electron chi connectivity index (χ3n) is 4.87. The number of carboxylic acid groups (broad SMARTS) is 1. The van der Waals surface area contributed by atoms with Crippen LogP contribution in [0.1, 0.15) is 22.7 Å². The van der Waals surface area contributed by atoms with Gasteiger partial charge in [0.15, 0.2) is 11.5 Å². The molecular weight excluding hydrogens is 360 g/mol. The highest BCUT2D eigenvalue weighted by Gasteiger charge is 2.31. The maximum absolute atomic E-state index is 12.3. The first-order chi connectivity index (χ1) is 13.5. The van der Waals surface area contributed by atoms with Crippen LogP contribution >= 0.6 is 0 Å². The monoisotopic (exact) mass is 384 g/mol. The first kappa shape index (κ1) is 19.7. The molecule has 1 aliphatic heterocycles. The topological polar surface area (TPSA) is 88.1 Å². The molecule has 7 heteroatoms. The zero-order valence-electron chi connectivity index (χ0n) is 16.0. The Morgan fingerprint density at radius 1 is 1.14 bits per heavy atom. The van der Waals surface area contributed by atoms with Gasteiger partial charge in [0.2, 0.25) is 5.91 Å². The molecule has 0 spiro atoms. The van der Waals surface area contributed by atoms with Crippen molar-refractivity contribution < 1.29 is 24.2 Å². The zero-order valence-corrected chi connectivity index (χ0v) is 16.0. The summed E-state index contributed by atoms with van der Waals surface area (Å²) < 4.78 is 10.9. The van der Waals surface area contributed by atoms with Crippen molar-refractivity contribution >= 4 is 11.9 Å². The van der Waals surface area contributed by atoms with Gasteiger partial charge in [0.25, 0.3) is 0 Å². The summed E-state index contributed by atoms with van der Waals surface area (Å²) in [5, 5.41) is 11.2. The lowest BCUT2D eigenvalue weighted by Crippen LogP contribution is -2.44. The van der Waals surface area contributed by atoms with Gasteiger partial charge in [-0.05, 0) is 35.2 Å². The van der Waals surface area contributed by atoms with Crippen molar-refractivity contribution in [2.75, 3.05) is 33.9 Å². The summed E-state index contributed by atoms with van der Waals surface area (Å²) in [5.74, 6) is -0.0545. The Hall–Kier alpha value is -3.06. The molecule has 2 aromatic carbocycles. The third kappa shape index (κ3) is 4.26. The fraction of sp³-hybridized carbons (Fsp3) is 0.333. The molecule has 1 atom stereocenters. The van der Waals surface area contributed by atoms with Gasteiger partial charge in [0.05, 0.1) is 26.8 Å². The number of methoxy groups -OCH3 is 2. The Kier molecular flexibility index (Phi) is 6.16. The third-order valence-corrected chi connectivity index (χ3v) is 4.87. The lowest BCUT2D eigenvalue weighted by molar-refractivity contribution is -0.138. The van der Waals surface area contributed by atoms with Crippen LogP contribution in [0.3, 0.4) is 0 Å². The van der Waals surface area contributed by atoms with Gasteiger partial charge >= 0.3 is 5.97 Å². The highest BCUT2D eigenvalue weighted by molar-refractivity contribution is 5.82. The Bertz CT molecular complexity index is 853. The van der Waals surface area contributed by atoms with E-state index >= 15 is 0 Å². The molecule has 1 aliphatic rings. The zero-order chi connectivity index (χ0) is 20.1. The molecule has 1 heterocycles. The second kappa shape index (κ2) is 8.75. The quantitative estimate of drug-likeness (QED) is 0.758. The number of benzene rings is 2. The summed E-state index contributed by atoms with van der Waals surface area (Å²) >= 11 is 0. The van der Waals surface area contributed by atoms with Crippen LogP contribution in [0.4, 0.5) is 0 Å². The first-order valence-electron chi connectivity index (χ1n) is 9.05. The number of aliphatic carboxylic acids is 1. The van der Waals surface area contributed by atoms with Gasteiger partial charge < -0.3 is 19.9 Å². The Labute approximate surface area is 163 Å². The highest BCUT2D eigenvalue weighted by atomic mass is 16.5. The molecule has 1 amide bonds. The van der Waals surface area contributed by atoms with Crippen LogP contribution in [0.5, 0.6) is 11.5 Å². The van der Waals surface area contributed by atoms with Crippen LogP contribution < -0.4 is 14.8 Å². The molecule has 2 aromatic rings. The van der Waals surface area contributed by atoms with E-state index in [2.05, 4.69) is 10.2 Å². The first-order valence-corrected chi connectivity index (χ1v) is 9.05. The van der Waals surface area contributed by atoms with Crippen LogP contribution in [-0.4, -0.2) is 55.7 Å². The Balaban J connectivity index is 1.96. The molecule has 0 saturated heterocycles. The summed E-state index contributed by atoms with van der Waals surface area (Å²) in [5.41, 5.74) is 3.26. The van der Waals surface area contributed by atoms with Crippen molar-refractivity contribution in [1.82, 2.24) is 10.2 Å². The van der Waals surface area contributed by atoms with E-state index in [1.807, 2.05) is 42.5 Å². The molecule has 7 nitrogen and oxygen atoms in total. The molecule has 148 valence electrons. The van der Waals surface area contributed by atoms with E-state index in [4.69, 9.17) is 14.6 Å². The van der Waals surface area contributed by atoms with Gasteiger partial charge in [-0.15, -0.1) is 0 Å². The van der Waals surface area contributed by atoms with Crippen LogP contribution in [0, 0.1) is 0 Å². The second-order valence-electron chi connectivity index (χ2n) is 6.61. The van der Waals surface area contributed by atoms with Gasteiger partial charge in [-0.1, -0.05) is 30.3 Å². The molecule has 0 saturated carbocycles. The van der Waals surface area contributed by atoms with Crippen molar-refractivity contribution in [2.45, 2.75) is 12.5 Å². The average molecular weight is 384 g/mol. The SMILES string of the molecule is COc1cc2c(cc1OC)C(c1ccccc1)N(CC(=O)NCC(=O)O)CC2. The molecule has 3 rings (SSSR count). The average Bonchev–Trinajstić information content (AvgIpc) is 2.71. The largest absolute Gasteiger partial charge is 0.493 e. The van der Waals surface area contributed by atoms with Crippen molar-refractivity contribution in [3.05, 3.63) is 59.2 Å². The van der Waals surface area contributed by atoms with E-state index in [1.165, 1.54) is 0 Å². The number of carbonyl (C=O) groups excluding carboxylic acids is 1. The molecule has 0 aromatic heterocycles. The maximum atomic E-state index is 12.3. The number of carbonyl (C=O) groups is 2. The predicted molar refractivity (Wildman–Crippen MR) is 104 cm³/mol. The van der Waals surface area contributed by atoms with E-state index in [0.29, 0.717) is 18.0 Å². The van der Waals surface area contributed by atoms with Crippen LogP contribution in [0.2, 0.25) is 0 Å². The van der Waals surface area contributed by atoms with Gasteiger partial charge in [-0.25, -0.2) is 0 Å². The Morgan fingerprint density at radius 2 is 1.82 bits per heavy atom. The minimum Gasteiger partial charge on any atom is -0.493 e. The molecule has 1 unspecified atom stereocenters. The van der Waals surface area contributed by atoms with Gasteiger partial charge in [0, 0.05) is 6.54 Å². The van der Waals surface area contributed by atoms with Gasteiger partial charge in [0.1, 0.15) is 6.54 Å². The minimum atomic E-state index is -1.06. The lowest BCUT2D eigenvalue weighted by atomic mass is 9.87. The van der Waals surface area contributed by atoms with Crippen LogP contribution in [0.15, 0.2) is 42.5 Å². The van der Waals surface area contributed by atoms with Crippen molar-refractivity contribution in [3.8, 4) is 11.5 Å². The summed E-state index contributed by atoms with van der Waals surface area (Å²) in [4.78, 5) is 25.0. The normalized spacial score (nSPS) is 16.1. The molecule has 0 fully saturated rings. The second-order valence-corrected chi connectivity index (χ2v) is 6.61.